The SMILES string of the molecule is COc1nc(C)c(CC2CC2)c(Br)c1C(C)C.COc1nc(C)c(CC2CC2)c(C(=O)c2cc(Cl)cc(C#N)c2)c1C(C)C.COc1nc(C)c(CC2CC2)c(C(O)c2cc(Cl)cc(C#N)c2)c1C(C)C.Cc1[nH]c(=O)c(C(C)C)c(C(=O)c2cc(Cl)cc(C#N)c2)c1CC1CC1. The number of carbonyl (C=O) groups excluding carboxylic acids is 2. The zero-order valence-corrected chi connectivity index (χ0v) is 62.3. The normalized spacial score (nSPS) is 14.3. The summed E-state index contributed by atoms with van der Waals surface area (Å²) >= 11 is 22.2. The highest BCUT2D eigenvalue weighted by Gasteiger charge is 2.35. The maximum Gasteiger partial charge on any atom is 0.252 e. The highest BCUT2D eigenvalue weighted by Crippen LogP contribution is 2.45. The lowest BCUT2D eigenvalue weighted by Gasteiger charge is -2.25. The van der Waals surface area contributed by atoms with Crippen molar-refractivity contribution in [3.8, 4) is 35.8 Å². The van der Waals surface area contributed by atoms with E-state index in [0.29, 0.717) is 101 Å². The second-order valence-corrected chi connectivity index (χ2v) is 29.7. The number of rotatable bonds is 21. The number of ether oxygens (including phenoxy) is 3. The number of aryl methyl sites for hydroxylation is 4. The lowest BCUT2D eigenvalue weighted by molar-refractivity contribution is 0.102. The minimum absolute atomic E-state index is 0.0691. The van der Waals surface area contributed by atoms with Crippen LogP contribution in [-0.2, 0) is 25.7 Å². The van der Waals surface area contributed by atoms with Gasteiger partial charge in [-0.05, 0) is 256 Å². The van der Waals surface area contributed by atoms with E-state index in [0.717, 1.165) is 106 Å². The number of nitrogens with one attached hydrogen (secondary N) is 1. The Labute approximate surface area is 595 Å². The Morgan fingerprint density at radius 1 is 0.505 bits per heavy atom. The smallest absolute Gasteiger partial charge is 0.252 e. The Morgan fingerprint density at radius 2 is 0.856 bits per heavy atom. The van der Waals surface area contributed by atoms with E-state index in [2.05, 4.69) is 82.6 Å². The van der Waals surface area contributed by atoms with Gasteiger partial charge < -0.3 is 24.3 Å². The molecule has 18 heteroatoms. The van der Waals surface area contributed by atoms with Crippen LogP contribution in [0.15, 0.2) is 63.9 Å². The van der Waals surface area contributed by atoms with Crippen molar-refractivity contribution in [3.63, 3.8) is 0 Å². The van der Waals surface area contributed by atoms with Crippen LogP contribution in [0.1, 0.15) is 263 Å². The first-order chi connectivity index (χ1) is 46.1. The standard InChI is InChI=1S/C22H25ClN2O2.C22H23ClN2O2.C21H21ClN2O2.C14H20BrNO/c2*1-12(2)19-20(21(26)16-7-15(11-24)8-17(23)10-16)18(9-14-5-6-14)13(3)25-22(19)27-4;1-11(2)18-19(17(8-13-4-5-13)12(3)24-21(18)26)20(25)15-6-14(10-23)7-16(22)9-15;1-8(2)12-13(15)11(7-10-5-6-10)9(3)16-14(12)17-4/h7-8,10,12,14,21,26H,5-6,9H2,1-4H3;7-8,10,12,14H,5-6,9H2,1-4H3;6-7,9,11,13H,4-5,8H2,1-3H3,(H,24,26);8,10H,5-7H2,1-4H3. The van der Waals surface area contributed by atoms with Crippen LogP contribution in [-0.4, -0.2) is 57.9 Å². The second kappa shape index (κ2) is 33.0. The molecule has 510 valence electrons. The van der Waals surface area contributed by atoms with Gasteiger partial charge in [0.1, 0.15) is 6.10 Å². The van der Waals surface area contributed by atoms with E-state index in [1.165, 1.54) is 66.3 Å². The molecular weight excluding hydrogens is 1350 g/mol. The van der Waals surface area contributed by atoms with Crippen molar-refractivity contribution in [3.05, 3.63) is 202 Å². The van der Waals surface area contributed by atoms with E-state index >= 15 is 0 Å². The molecule has 1 atom stereocenters. The number of hydrogen-bond donors (Lipinski definition) is 2. The number of aromatic nitrogens is 4. The first kappa shape index (κ1) is 75.4. The molecule has 0 radical (unpaired) electrons. The number of H-pyrrole nitrogens is 1. The highest BCUT2D eigenvalue weighted by molar-refractivity contribution is 9.10. The summed E-state index contributed by atoms with van der Waals surface area (Å²) < 4.78 is 17.7. The molecule has 2 N–H and O–H groups in total. The van der Waals surface area contributed by atoms with Crippen LogP contribution < -0.4 is 19.8 Å². The lowest BCUT2D eigenvalue weighted by Crippen LogP contribution is -2.24. The molecule has 4 aliphatic rings. The number of carbonyl (C=O) groups is 2. The third-order valence-corrected chi connectivity index (χ3v) is 19.9. The molecule has 1 unspecified atom stereocenters. The molecule has 4 aliphatic carbocycles. The van der Waals surface area contributed by atoms with E-state index in [9.17, 15) is 35.3 Å². The van der Waals surface area contributed by atoms with Gasteiger partial charge in [0, 0.05) is 86.8 Å². The summed E-state index contributed by atoms with van der Waals surface area (Å²) in [5, 5.41) is 40.2. The molecule has 7 aromatic rings. The highest BCUT2D eigenvalue weighted by atomic mass is 79.9. The third-order valence-electron chi connectivity index (χ3n) is 18.4. The Bertz CT molecular complexity index is 4310. The van der Waals surface area contributed by atoms with E-state index in [4.69, 9.17) is 49.0 Å². The van der Waals surface area contributed by atoms with Gasteiger partial charge in [0.2, 0.25) is 17.6 Å². The largest absolute Gasteiger partial charge is 0.481 e. The van der Waals surface area contributed by atoms with Crippen LogP contribution in [0.25, 0.3) is 0 Å². The van der Waals surface area contributed by atoms with Crippen molar-refractivity contribution >= 4 is 62.3 Å². The second-order valence-electron chi connectivity index (χ2n) is 27.6. The van der Waals surface area contributed by atoms with Crippen LogP contribution in [0, 0.1) is 85.4 Å². The van der Waals surface area contributed by atoms with E-state index in [-0.39, 0.29) is 34.9 Å². The molecule has 0 aliphatic heterocycles. The molecule has 0 spiro atoms. The molecule has 4 aromatic heterocycles. The maximum atomic E-state index is 13.6. The van der Waals surface area contributed by atoms with Crippen molar-refractivity contribution in [2.24, 2.45) is 23.7 Å². The minimum atomic E-state index is -0.891. The number of pyridine rings is 4. The van der Waals surface area contributed by atoms with Crippen molar-refractivity contribution < 1.29 is 28.9 Å². The Morgan fingerprint density at radius 3 is 1.27 bits per heavy atom. The number of hydrogen-bond acceptors (Lipinski definition) is 13. The van der Waals surface area contributed by atoms with Gasteiger partial charge in [0.25, 0.3) is 5.56 Å². The summed E-state index contributed by atoms with van der Waals surface area (Å²) in [6.07, 6.45) is 12.6. The minimum Gasteiger partial charge on any atom is -0.481 e. The summed E-state index contributed by atoms with van der Waals surface area (Å²) in [6, 6.07) is 20.6. The predicted molar refractivity (Wildman–Crippen MR) is 388 cm³/mol. The fraction of sp³-hybridized carbons (Fsp3) is 0.456. The van der Waals surface area contributed by atoms with Gasteiger partial charge in [-0.3, -0.25) is 14.4 Å². The molecule has 97 heavy (non-hydrogen) atoms. The van der Waals surface area contributed by atoms with Gasteiger partial charge in [0.15, 0.2) is 11.6 Å². The summed E-state index contributed by atoms with van der Waals surface area (Å²) in [5.41, 5.74) is 15.7. The number of aromatic amines is 1. The van der Waals surface area contributed by atoms with Crippen LogP contribution in [0.2, 0.25) is 15.1 Å². The zero-order chi connectivity index (χ0) is 71.0. The Balaban J connectivity index is 0.000000167. The topological polar surface area (TPSA) is 225 Å². The van der Waals surface area contributed by atoms with Crippen LogP contribution in [0.4, 0.5) is 0 Å². The summed E-state index contributed by atoms with van der Waals surface area (Å²) in [6.45, 7) is 24.2. The lowest BCUT2D eigenvalue weighted by atomic mass is 9.85. The van der Waals surface area contributed by atoms with E-state index < -0.39 is 6.10 Å². The van der Waals surface area contributed by atoms with E-state index in [1.807, 2.05) is 54.5 Å². The third kappa shape index (κ3) is 18.7. The molecule has 4 heterocycles. The average Bonchev–Trinajstić information content (AvgIpc) is 1.69. The van der Waals surface area contributed by atoms with Crippen LogP contribution in [0.3, 0.4) is 0 Å². The number of halogens is 4. The number of aliphatic hydroxyl groups is 1. The molecule has 11 rings (SSSR count). The first-order valence-electron chi connectivity index (χ1n) is 33.6. The fourth-order valence-electron chi connectivity index (χ4n) is 12.7. The van der Waals surface area contributed by atoms with Crippen LogP contribution in [0.5, 0.6) is 17.6 Å². The summed E-state index contributed by atoms with van der Waals surface area (Å²) in [4.78, 5) is 56.4. The van der Waals surface area contributed by atoms with Gasteiger partial charge in [0.05, 0.1) is 56.2 Å². The summed E-state index contributed by atoms with van der Waals surface area (Å²) in [5.74, 6) is 4.69. The van der Waals surface area contributed by atoms with Crippen LogP contribution >= 0.6 is 50.7 Å². The van der Waals surface area contributed by atoms with Gasteiger partial charge in [-0.25, -0.2) is 15.0 Å². The van der Waals surface area contributed by atoms with Crippen molar-refractivity contribution in [2.45, 2.75) is 190 Å². The molecule has 4 fully saturated rings. The average molecular weight is 1430 g/mol. The monoisotopic (exact) mass is 1430 g/mol. The first-order valence-corrected chi connectivity index (χ1v) is 35.5. The Kier molecular flexibility index (Phi) is 25.6. The number of nitriles is 3. The van der Waals surface area contributed by atoms with Crippen molar-refractivity contribution in [1.29, 1.82) is 15.8 Å². The molecule has 4 saturated carbocycles. The number of ketones is 2. The molecular formula is C79H89BrCl3N7O7. The molecule has 0 saturated heterocycles. The van der Waals surface area contributed by atoms with Gasteiger partial charge in [-0.2, -0.15) is 15.8 Å². The van der Waals surface area contributed by atoms with Gasteiger partial charge in [-0.15, -0.1) is 0 Å². The van der Waals surface area contributed by atoms with Crippen molar-refractivity contribution in [2.75, 3.05) is 21.3 Å². The van der Waals surface area contributed by atoms with Crippen molar-refractivity contribution in [1.82, 2.24) is 19.9 Å². The quantitative estimate of drug-likeness (QED) is 0.0639. The maximum absolute atomic E-state index is 13.6. The molecule has 14 nitrogen and oxygen atoms in total. The number of nitrogens with zero attached hydrogens (tertiary/aromatic N) is 6. The molecule has 3 aromatic carbocycles. The summed E-state index contributed by atoms with van der Waals surface area (Å²) in [7, 11) is 4.88. The number of benzene rings is 3. The zero-order valence-electron chi connectivity index (χ0n) is 58.5. The molecule has 0 bridgehead atoms. The fourth-order valence-corrected chi connectivity index (χ4v) is 14.5. The van der Waals surface area contributed by atoms with E-state index in [1.54, 1.807) is 63.8 Å². The molecule has 0 amide bonds. The van der Waals surface area contributed by atoms with Gasteiger partial charge >= 0.3 is 0 Å². The van der Waals surface area contributed by atoms with Gasteiger partial charge in [-0.1, -0.05) is 90.2 Å². The number of aliphatic hydroxyl groups excluding tert-OH is 1. The Hall–Kier alpha value is -7.42. The predicted octanol–water partition coefficient (Wildman–Crippen LogP) is 19.1. The number of methoxy groups -OCH3 is 3.